The Morgan fingerprint density at radius 3 is 2.61 bits per heavy atom. The molecule has 0 atom stereocenters. The number of rotatable bonds is 4. The number of benzene rings is 1. The van der Waals surface area contributed by atoms with E-state index in [1.807, 2.05) is 25.1 Å². The van der Waals surface area contributed by atoms with Crippen LogP contribution in [0.3, 0.4) is 0 Å². The van der Waals surface area contributed by atoms with Crippen LogP contribution in [0.5, 0.6) is 0 Å². The largest absolute Gasteiger partial charge is 0.329 e. The van der Waals surface area contributed by atoms with Crippen molar-refractivity contribution in [3.8, 4) is 0 Å². The van der Waals surface area contributed by atoms with Crippen molar-refractivity contribution in [3.05, 3.63) is 34.3 Å². The molecule has 1 aromatic rings. The van der Waals surface area contributed by atoms with E-state index in [9.17, 15) is 4.79 Å². The van der Waals surface area contributed by atoms with Crippen LogP contribution in [0.25, 0.3) is 0 Å². The number of Topliss-reactive ketones (excluding diaryl/α,β-unsaturated/α-hetero) is 1. The number of carbonyl (C=O) groups excluding carboxylic acids is 1. The predicted molar refractivity (Wildman–Crippen MR) is 74.9 cm³/mol. The molecule has 1 aromatic carbocycles. The van der Waals surface area contributed by atoms with Gasteiger partial charge in [-0.2, -0.15) is 0 Å². The fourth-order valence-corrected chi connectivity index (χ4v) is 3.11. The average Bonchev–Trinajstić information content (AvgIpc) is 2.82. The zero-order valence-corrected chi connectivity index (χ0v) is 11.6. The lowest BCUT2D eigenvalue weighted by atomic mass is 9.79. The van der Waals surface area contributed by atoms with Gasteiger partial charge < -0.3 is 5.73 Å². The molecule has 0 aliphatic heterocycles. The third kappa shape index (κ3) is 2.60. The lowest BCUT2D eigenvalue weighted by molar-refractivity contribution is -0.127. The van der Waals surface area contributed by atoms with Gasteiger partial charge >= 0.3 is 0 Å². The Balaban J connectivity index is 2.15. The molecule has 0 spiro atoms. The molecule has 2 nitrogen and oxygen atoms in total. The van der Waals surface area contributed by atoms with Crippen LogP contribution in [0.1, 0.15) is 36.8 Å². The SMILES string of the molecule is Cc1ccc(CC(=O)C2(CN)CCCC2)c(Cl)c1. The Labute approximate surface area is 114 Å². The topological polar surface area (TPSA) is 43.1 Å². The minimum Gasteiger partial charge on any atom is -0.329 e. The molecule has 98 valence electrons. The van der Waals surface area contributed by atoms with E-state index in [1.165, 1.54) is 0 Å². The number of nitrogens with two attached hydrogens (primary N) is 1. The number of aryl methyl sites for hydroxylation is 1. The molecule has 0 radical (unpaired) electrons. The molecule has 1 saturated carbocycles. The van der Waals surface area contributed by atoms with Gasteiger partial charge in [0, 0.05) is 23.4 Å². The maximum absolute atomic E-state index is 12.5. The molecule has 3 heteroatoms. The van der Waals surface area contributed by atoms with Gasteiger partial charge in [0.25, 0.3) is 0 Å². The van der Waals surface area contributed by atoms with Crippen molar-refractivity contribution in [2.75, 3.05) is 6.54 Å². The zero-order valence-electron chi connectivity index (χ0n) is 10.8. The molecule has 1 aliphatic carbocycles. The quantitative estimate of drug-likeness (QED) is 0.908. The normalized spacial score (nSPS) is 17.9. The van der Waals surface area contributed by atoms with E-state index < -0.39 is 0 Å². The van der Waals surface area contributed by atoms with Crippen LogP contribution in [-0.4, -0.2) is 12.3 Å². The van der Waals surface area contributed by atoms with Crippen LogP contribution >= 0.6 is 11.6 Å². The van der Waals surface area contributed by atoms with Gasteiger partial charge in [-0.05, 0) is 37.0 Å². The van der Waals surface area contributed by atoms with Crippen molar-refractivity contribution in [1.82, 2.24) is 0 Å². The first-order chi connectivity index (χ1) is 8.57. The van der Waals surface area contributed by atoms with Crippen molar-refractivity contribution in [2.24, 2.45) is 11.1 Å². The van der Waals surface area contributed by atoms with Gasteiger partial charge in [-0.15, -0.1) is 0 Å². The highest BCUT2D eigenvalue weighted by Crippen LogP contribution is 2.39. The Morgan fingerprint density at radius 1 is 1.39 bits per heavy atom. The first-order valence-electron chi connectivity index (χ1n) is 6.56. The van der Waals surface area contributed by atoms with Crippen LogP contribution < -0.4 is 5.73 Å². The number of hydrogen-bond acceptors (Lipinski definition) is 2. The van der Waals surface area contributed by atoms with Crippen molar-refractivity contribution < 1.29 is 4.79 Å². The average molecular weight is 266 g/mol. The van der Waals surface area contributed by atoms with Crippen LogP contribution in [0.15, 0.2) is 18.2 Å². The lowest BCUT2D eigenvalue weighted by Crippen LogP contribution is -2.37. The first-order valence-corrected chi connectivity index (χ1v) is 6.94. The Hall–Kier alpha value is -0.860. The second-order valence-electron chi connectivity index (χ2n) is 5.39. The van der Waals surface area contributed by atoms with Crippen molar-refractivity contribution in [3.63, 3.8) is 0 Å². The zero-order chi connectivity index (χ0) is 13.2. The van der Waals surface area contributed by atoms with Gasteiger partial charge in [0.1, 0.15) is 5.78 Å². The smallest absolute Gasteiger partial charge is 0.144 e. The highest BCUT2D eigenvalue weighted by atomic mass is 35.5. The minimum atomic E-state index is -0.284. The molecule has 0 heterocycles. The van der Waals surface area contributed by atoms with Gasteiger partial charge in [0.15, 0.2) is 0 Å². The van der Waals surface area contributed by atoms with E-state index in [2.05, 4.69) is 0 Å². The Morgan fingerprint density at radius 2 is 2.06 bits per heavy atom. The van der Waals surface area contributed by atoms with E-state index in [0.29, 0.717) is 18.0 Å². The molecule has 0 unspecified atom stereocenters. The second kappa shape index (κ2) is 5.41. The number of hydrogen-bond donors (Lipinski definition) is 1. The Kier molecular flexibility index (Phi) is 4.08. The number of carbonyl (C=O) groups is 1. The summed E-state index contributed by atoms with van der Waals surface area (Å²) in [6, 6.07) is 5.86. The van der Waals surface area contributed by atoms with Gasteiger partial charge in [0.2, 0.25) is 0 Å². The summed E-state index contributed by atoms with van der Waals surface area (Å²) in [5.74, 6) is 0.258. The van der Waals surface area contributed by atoms with E-state index >= 15 is 0 Å². The summed E-state index contributed by atoms with van der Waals surface area (Å²) in [5, 5.41) is 0.688. The van der Waals surface area contributed by atoms with Crippen molar-refractivity contribution >= 4 is 17.4 Å². The van der Waals surface area contributed by atoms with Crippen LogP contribution in [0.4, 0.5) is 0 Å². The summed E-state index contributed by atoms with van der Waals surface area (Å²) < 4.78 is 0. The van der Waals surface area contributed by atoms with Crippen molar-refractivity contribution in [2.45, 2.75) is 39.0 Å². The first kappa shape index (κ1) is 13.6. The van der Waals surface area contributed by atoms with E-state index in [4.69, 9.17) is 17.3 Å². The van der Waals surface area contributed by atoms with Crippen LogP contribution in [-0.2, 0) is 11.2 Å². The van der Waals surface area contributed by atoms with Gasteiger partial charge in [-0.3, -0.25) is 4.79 Å². The highest BCUT2D eigenvalue weighted by Gasteiger charge is 2.39. The molecule has 1 fully saturated rings. The molecule has 0 bridgehead atoms. The van der Waals surface area contributed by atoms with Gasteiger partial charge in [-0.1, -0.05) is 36.6 Å². The molecule has 0 aromatic heterocycles. The minimum absolute atomic E-state index is 0.258. The summed E-state index contributed by atoms with van der Waals surface area (Å²) in [4.78, 5) is 12.5. The molecule has 18 heavy (non-hydrogen) atoms. The molecular weight excluding hydrogens is 246 g/mol. The number of ketones is 1. The maximum Gasteiger partial charge on any atom is 0.144 e. The molecule has 0 amide bonds. The molecule has 1 aliphatic rings. The Bertz CT molecular complexity index is 450. The van der Waals surface area contributed by atoms with Gasteiger partial charge in [-0.25, -0.2) is 0 Å². The summed E-state index contributed by atoms with van der Waals surface area (Å²) in [5.41, 5.74) is 7.59. The summed E-state index contributed by atoms with van der Waals surface area (Å²) in [6.07, 6.45) is 4.52. The van der Waals surface area contributed by atoms with Gasteiger partial charge in [0.05, 0.1) is 0 Å². The van der Waals surface area contributed by atoms with E-state index in [1.54, 1.807) is 0 Å². The molecule has 0 saturated heterocycles. The maximum atomic E-state index is 12.5. The third-order valence-corrected chi connectivity index (χ3v) is 4.45. The fourth-order valence-electron chi connectivity index (χ4n) is 2.80. The second-order valence-corrected chi connectivity index (χ2v) is 5.79. The predicted octanol–water partition coefficient (Wildman–Crippen LogP) is 3.28. The highest BCUT2D eigenvalue weighted by molar-refractivity contribution is 6.31. The third-order valence-electron chi connectivity index (χ3n) is 4.10. The standard InChI is InChI=1S/C15H20ClNO/c1-11-4-5-12(13(16)8-11)9-14(18)15(10-17)6-2-3-7-15/h4-5,8H,2-3,6-7,9-10,17H2,1H3. The van der Waals surface area contributed by atoms with E-state index in [-0.39, 0.29) is 11.2 Å². The molecule has 2 rings (SSSR count). The van der Waals surface area contributed by atoms with E-state index in [0.717, 1.165) is 36.8 Å². The fraction of sp³-hybridized carbons (Fsp3) is 0.533. The summed E-state index contributed by atoms with van der Waals surface area (Å²) >= 11 is 6.19. The summed E-state index contributed by atoms with van der Waals surface area (Å²) in [7, 11) is 0. The van der Waals surface area contributed by atoms with Crippen LogP contribution in [0.2, 0.25) is 5.02 Å². The molecular formula is C15H20ClNO. The lowest BCUT2D eigenvalue weighted by Gasteiger charge is -2.25. The number of halogens is 1. The van der Waals surface area contributed by atoms with Crippen molar-refractivity contribution in [1.29, 1.82) is 0 Å². The molecule has 2 N–H and O–H groups in total. The summed E-state index contributed by atoms with van der Waals surface area (Å²) in [6.45, 7) is 2.46. The van der Waals surface area contributed by atoms with Crippen LogP contribution in [0, 0.1) is 12.3 Å². The monoisotopic (exact) mass is 265 g/mol.